The quantitative estimate of drug-likeness (QED) is 0.736. The smallest absolute Gasteiger partial charge is 0.305 e. The van der Waals surface area contributed by atoms with Gasteiger partial charge in [0.1, 0.15) is 0 Å². The molecule has 0 bridgehead atoms. The highest BCUT2D eigenvalue weighted by Gasteiger charge is 2.46. The van der Waals surface area contributed by atoms with Gasteiger partial charge in [0, 0.05) is 19.0 Å². The molecule has 2 fully saturated rings. The third-order valence-electron chi connectivity index (χ3n) is 3.83. The number of hydrogen-bond donors (Lipinski definition) is 1. The Morgan fingerprint density at radius 2 is 1.76 bits per heavy atom. The summed E-state index contributed by atoms with van der Waals surface area (Å²) in [5.41, 5.74) is 0. The van der Waals surface area contributed by atoms with Crippen molar-refractivity contribution >= 4 is 11.9 Å². The lowest BCUT2D eigenvalue weighted by molar-refractivity contribution is -0.140. The van der Waals surface area contributed by atoms with Crippen LogP contribution >= 0.6 is 0 Å². The zero-order valence-corrected chi connectivity index (χ0v) is 10.4. The predicted octanol–water partition coefficient (Wildman–Crippen LogP) is 1.75. The summed E-state index contributed by atoms with van der Waals surface area (Å²) in [6.07, 6.45) is 4.79. The molecule has 0 aromatic carbocycles. The van der Waals surface area contributed by atoms with Crippen molar-refractivity contribution in [2.45, 2.75) is 39.0 Å². The molecular formula is C13H21NO3. The van der Waals surface area contributed by atoms with Gasteiger partial charge in [0.25, 0.3) is 0 Å². The summed E-state index contributed by atoms with van der Waals surface area (Å²) in [7, 11) is 0. The monoisotopic (exact) mass is 239 g/mol. The van der Waals surface area contributed by atoms with Gasteiger partial charge in [0.15, 0.2) is 0 Å². The van der Waals surface area contributed by atoms with Crippen molar-refractivity contribution in [3.8, 4) is 0 Å². The molecule has 2 saturated carbocycles. The Kier molecular flexibility index (Phi) is 3.69. The van der Waals surface area contributed by atoms with E-state index in [1.165, 1.54) is 25.7 Å². The van der Waals surface area contributed by atoms with Crippen molar-refractivity contribution in [1.82, 2.24) is 4.90 Å². The molecule has 0 heterocycles. The van der Waals surface area contributed by atoms with Crippen molar-refractivity contribution in [3.05, 3.63) is 0 Å². The van der Waals surface area contributed by atoms with Gasteiger partial charge in [-0.25, -0.2) is 0 Å². The first-order valence-electron chi connectivity index (χ1n) is 6.64. The maximum Gasteiger partial charge on any atom is 0.305 e. The fourth-order valence-corrected chi connectivity index (χ4v) is 2.56. The first kappa shape index (κ1) is 12.4. The topological polar surface area (TPSA) is 57.6 Å². The number of carboxylic acids is 1. The van der Waals surface area contributed by atoms with Crippen LogP contribution < -0.4 is 0 Å². The van der Waals surface area contributed by atoms with Crippen LogP contribution in [0, 0.1) is 17.8 Å². The molecule has 0 radical (unpaired) electrons. The Morgan fingerprint density at radius 1 is 1.24 bits per heavy atom. The molecule has 0 atom stereocenters. The molecule has 2 rings (SSSR count). The molecule has 0 aliphatic heterocycles. The summed E-state index contributed by atoms with van der Waals surface area (Å²) < 4.78 is 0. The lowest BCUT2D eigenvalue weighted by Crippen LogP contribution is -2.39. The Balaban J connectivity index is 1.91. The van der Waals surface area contributed by atoms with Crippen molar-refractivity contribution < 1.29 is 14.7 Å². The number of rotatable bonds is 7. The van der Waals surface area contributed by atoms with Gasteiger partial charge < -0.3 is 10.0 Å². The predicted molar refractivity (Wildman–Crippen MR) is 63.4 cm³/mol. The zero-order chi connectivity index (χ0) is 12.4. The number of aliphatic carboxylic acids is 1. The van der Waals surface area contributed by atoms with Crippen molar-refractivity contribution in [2.75, 3.05) is 13.1 Å². The highest BCUT2D eigenvalue weighted by Crippen LogP contribution is 2.49. The standard InChI is InChI=1S/C13H21NO3/c1-2-14(8-7-11(15)16)13(17)12(9-3-4-9)10-5-6-10/h9-10,12H,2-8H2,1H3,(H,15,16). The first-order chi connectivity index (χ1) is 8.13. The van der Waals surface area contributed by atoms with Gasteiger partial charge in [-0.1, -0.05) is 0 Å². The zero-order valence-electron chi connectivity index (χ0n) is 10.4. The van der Waals surface area contributed by atoms with Crippen LogP contribution in [0.3, 0.4) is 0 Å². The summed E-state index contributed by atoms with van der Waals surface area (Å²) in [6.45, 7) is 2.92. The van der Waals surface area contributed by atoms with E-state index in [4.69, 9.17) is 5.11 Å². The van der Waals surface area contributed by atoms with Crippen LogP contribution in [0.15, 0.2) is 0 Å². The van der Waals surface area contributed by atoms with Gasteiger partial charge >= 0.3 is 5.97 Å². The molecule has 2 aliphatic carbocycles. The maximum atomic E-state index is 12.4. The van der Waals surface area contributed by atoms with E-state index in [1.54, 1.807) is 4.90 Å². The molecule has 0 aromatic heterocycles. The summed E-state index contributed by atoms with van der Waals surface area (Å²) in [4.78, 5) is 24.7. The molecule has 1 amide bonds. The number of nitrogens with zero attached hydrogens (tertiary/aromatic N) is 1. The normalized spacial score (nSPS) is 19.4. The van der Waals surface area contributed by atoms with E-state index in [1.807, 2.05) is 6.92 Å². The number of carbonyl (C=O) groups is 2. The van der Waals surface area contributed by atoms with E-state index < -0.39 is 5.97 Å². The number of amides is 1. The van der Waals surface area contributed by atoms with Crippen molar-refractivity contribution in [1.29, 1.82) is 0 Å². The minimum atomic E-state index is -0.828. The van der Waals surface area contributed by atoms with Crippen LogP contribution in [0.5, 0.6) is 0 Å². The van der Waals surface area contributed by atoms with Gasteiger partial charge in [-0.15, -0.1) is 0 Å². The fourth-order valence-electron chi connectivity index (χ4n) is 2.56. The number of carbonyl (C=O) groups excluding carboxylic acids is 1. The molecule has 2 aliphatic rings. The molecular weight excluding hydrogens is 218 g/mol. The number of carboxylic acid groups (broad SMARTS) is 1. The lowest BCUT2D eigenvalue weighted by Gasteiger charge is -2.25. The molecule has 96 valence electrons. The van der Waals surface area contributed by atoms with Crippen LogP contribution in [0.2, 0.25) is 0 Å². The van der Waals surface area contributed by atoms with E-state index in [2.05, 4.69) is 0 Å². The third-order valence-corrected chi connectivity index (χ3v) is 3.83. The van der Waals surface area contributed by atoms with Gasteiger partial charge in [0.05, 0.1) is 6.42 Å². The third kappa shape index (κ3) is 3.20. The van der Waals surface area contributed by atoms with Crippen LogP contribution in [0.4, 0.5) is 0 Å². The Bertz CT molecular complexity index is 296. The minimum Gasteiger partial charge on any atom is -0.481 e. The Hall–Kier alpha value is -1.06. The van der Waals surface area contributed by atoms with E-state index in [0.29, 0.717) is 24.9 Å². The Labute approximate surface area is 102 Å². The van der Waals surface area contributed by atoms with Gasteiger partial charge in [-0.05, 0) is 44.4 Å². The minimum absolute atomic E-state index is 0.0572. The van der Waals surface area contributed by atoms with Gasteiger partial charge in [-0.2, -0.15) is 0 Å². The average molecular weight is 239 g/mol. The lowest BCUT2D eigenvalue weighted by atomic mass is 9.96. The van der Waals surface area contributed by atoms with E-state index >= 15 is 0 Å². The van der Waals surface area contributed by atoms with Crippen molar-refractivity contribution in [3.63, 3.8) is 0 Å². The summed E-state index contributed by atoms with van der Waals surface area (Å²) in [6, 6.07) is 0. The highest BCUT2D eigenvalue weighted by atomic mass is 16.4. The maximum absolute atomic E-state index is 12.4. The van der Waals surface area contributed by atoms with E-state index in [9.17, 15) is 9.59 Å². The van der Waals surface area contributed by atoms with Crippen LogP contribution in [0.25, 0.3) is 0 Å². The second-order valence-corrected chi connectivity index (χ2v) is 5.26. The fraction of sp³-hybridized carbons (Fsp3) is 0.846. The molecule has 17 heavy (non-hydrogen) atoms. The summed E-state index contributed by atoms with van der Waals surface area (Å²) in [5, 5.41) is 8.68. The van der Waals surface area contributed by atoms with E-state index in [0.717, 1.165) is 0 Å². The molecule has 0 unspecified atom stereocenters. The second kappa shape index (κ2) is 5.07. The molecule has 4 nitrogen and oxygen atoms in total. The van der Waals surface area contributed by atoms with Gasteiger partial charge in [-0.3, -0.25) is 9.59 Å². The molecule has 0 aromatic rings. The van der Waals surface area contributed by atoms with Crippen LogP contribution in [0.1, 0.15) is 39.0 Å². The molecule has 4 heteroatoms. The summed E-state index contributed by atoms with van der Waals surface area (Å²) >= 11 is 0. The summed E-state index contributed by atoms with van der Waals surface area (Å²) in [5.74, 6) is 0.760. The highest BCUT2D eigenvalue weighted by molar-refractivity contribution is 5.80. The average Bonchev–Trinajstić information content (AvgIpc) is 3.12. The molecule has 0 saturated heterocycles. The Morgan fingerprint density at radius 3 is 2.12 bits per heavy atom. The SMILES string of the molecule is CCN(CCC(=O)O)C(=O)C(C1CC1)C1CC1. The largest absolute Gasteiger partial charge is 0.481 e. The van der Waals surface area contributed by atoms with Crippen LogP contribution in [-0.4, -0.2) is 35.0 Å². The number of hydrogen-bond acceptors (Lipinski definition) is 2. The molecule has 1 N–H and O–H groups in total. The van der Waals surface area contributed by atoms with Gasteiger partial charge in [0.2, 0.25) is 5.91 Å². The van der Waals surface area contributed by atoms with E-state index in [-0.39, 0.29) is 18.2 Å². The first-order valence-corrected chi connectivity index (χ1v) is 6.64. The van der Waals surface area contributed by atoms with Crippen molar-refractivity contribution in [2.24, 2.45) is 17.8 Å². The van der Waals surface area contributed by atoms with Crippen LogP contribution in [-0.2, 0) is 9.59 Å². The molecule has 0 spiro atoms. The second-order valence-electron chi connectivity index (χ2n) is 5.26.